The Morgan fingerprint density at radius 1 is 1.19 bits per heavy atom. The average molecular weight is 371 g/mol. The van der Waals surface area contributed by atoms with E-state index in [1.165, 1.54) is 62.6 Å². The van der Waals surface area contributed by atoms with E-state index in [9.17, 15) is 4.79 Å². The van der Waals surface area contributed by atoms with Crippen molar-refractivity contribution in [2.24, 2.45) is 5.92 Å². The predicted octanol–water partition coefficient (Wildman–Crippen LogP) is 3.12. The Morgan fingerprint density at radius 2 is 1.96 bits per heavy atom. The molecule has 0 saturated heterocycles. The summed E-state index contributed by atoms with van der Waals surface area (Å²) in [7, 11) is 1.82. The highest BCUT2D eigenvalue weighted by atomic mass is 16.2. The van der Waals surface area contributed by atoms with Crippen LogP contribution in [0.25, 0.3) is 0 Å². The van der Waals surface area contributed by atoms with Crippen LogP contribution in [-0.4, -0.2) is 43.0 Å². The molecule has 0 bridgehead atoms. The summed E-state index contributed by atoms with van der Waals surface area (Å²) < 4.78 is 1.84. The highest BCUT2D eigenvalue weighted by Gasteiger charge is 2.22. The number of aryl methyl sites for hydroxylation is 1. The van der Waals surface area contributed by atoms with Gasteiger partial charge in [0.15, 0.2) is 5.69 Å². The third kappa shape index (κ3) is 4.22. The number of hydrogen-bond donors (Lipinski definition) is 1. The van der Waals surface area contributed by atoms with Crippen molar-refractivity contribution < 1.29 is 4.79 Å². The standard InChI is InChI=1S/C20H30N6O/c1-25(13-18-16-10-6-3-7-11-17(16)21-22-18)20(27)19-14-26(24-23-19)12-15-8-4-2-5-9-15/h14-15H,2-13H2,1H3,(H,21,22). The third-order valence-corrected chi connectivity index (χ3v) is 6.05. The first-order valence-electron chi connectivity index (χ1n) is 10.4. The molecule has 1 amide bonds. The van der Waals surface area contributed by atoms with Crippen LogP contribution in [0.4, 0.5) is 0 Å². The van der Waals surface area contributed by atoms with Gasteiger partial charge >= 0.3 is 0 Å². The van der Waals surface area contributed by atoms with Gasteiger partial charge in [0.1, 0.15) is 0 Å². The molecule has 2 aromatic rings. The Bertz CT molecular complexity index is 773. The fourth-order valence-corrected chi connectivity index (χ4v) is 4.47. The van der Waals surface area contributed by atoms with Crippen LogP contribution < -0.4 is 0 Å². The zero-order chi connectivity index (χ0) is 18.6. The summed E-state index contributed by atoms with van der Waals surface area (Å²) in [5, 5.41) is 16.0. The Hall–Kier alpha value is -2.18. The van der Waals surface area contributed by atoms with E-state index in [1.807, 2.05) is 11.7 Å². The number of nitrogens with one attached hydrogen (secondary N) is 1. The molecule has 2 aliphatic carbocycles. The van der Waals surface area contributed by atoms with Gasteiger partial charge in [-0.3, -0.25) is 14.6 Å². The van der Waals surface area contributed by atoms with Gasteiger partial charge in [0, 0.05) is 19.3 Å². The van der Waals surface area contributed by atoms with Crippen LogP contribution in [0.2, 0.25) is 0 Å². The molecule has 2 heterocycles. The molecule has 0 radical (unpaired) electrons. The molecular formula is C20H30N6O. The van der Waals surface area contributed by atoms with Crippen molar-refractivity contribution in [1.82, 2.24) is 30.1 Å². The van der Waals surface area contributed by atoms with Gasteiger partial charge in [-0.05, 0) is 50.0 Å². The quantitative estimate of drug-likeness (QED) is 0.820. The van der Waals surface area contributed by atoms with E-state index >= 15 is 0 Å². The fourth-order valence-electron chi connectivity index (χ4n) is 4.47. The summed E-state index contributed by atoms with van der Waals surface area (Å²) in [6, 6.07) is 0. The number of aromatic nitrogens is 5. The van der Waals surface area contributed by atoms with Crippen LogP contribution in [0.3, 0.4) is 0 Å². The summed E-state index contributed by atoms with van der Waals surface area (Å²) in [6.45, 7) is 1.39. The van der Waals surface area contributed by atoms with Crippen LogP contribution in [0.1, 0.15) is 78.8 Å². The van der Waals surface area contributed by atoms with E-state index in [0.29, 0.717) is 18.2 Å². The molecule has 1 fully saturated rings. The number of carbonyl (C=O) groups is 1. The summed E-state index contributed by atoms with van der Waals surface area (Å²) in [6.07, 6.45) is 14.1. The number of H-pyrrole nitrogens is 1. The van der Waals surface area contributed by atoms with Crippen LogP contribution >= 0.6 is 0 Å². The highest BCUT2D eigenvalue weighted by Crippen LogP contribution is 2.25. The van der Waals surface area contributed by atoms with Crippen molar-refractivity contribution in [3.05, 3.63) is 28.8 Å². The molecule has 2 aliphatic rings. The lowest BCUT2D eigenvalue weighted by Crippen LogP contribution is -2.27. The van der Waals surface area contributed by atoms with E-state index in [1.54, 1.807) is 11.1 Å². The lowest BCUT2D eigenvalue weighted by molar-refractivity contribution is 0.0777. The summed E-state index contributed by atoms with van der Waals surface area (Å²) in [5.74, 6) is 0.580. The smallest absolute Gasteiger partial charge is 0.276 e. The summed E-state index contributed by atoms with van der Waals surface area (Å²) >= 11 is 0. The van der Waals surface area contributed by atoms with Crippen molar-refractivity contribution >= 4 is 5.91 Å². The lowest BCUT2D eigenvalue weighted by atomic mass is 9.89. The minimum absolute atomic E-state index is 0.0877. The van der Waals surface area contributed by atoms with Crippen molar-refractivity contribution in [3.8, 4) is 0 Å². The molecule has 1 saturated carbocycles. The second kappa shape index (κ2) is 8.23. The molecule has 7 heteroatoms. The first-order chi connectivity index (χ1) is 13.2. The molecule has 0 unspecified atom stereocenters. The number of amides is 1. The number of hydrogen-bond acceptors (Lipinski definition) is 4. The minimum Gasteiger partial charge on any atom is -0.334 e. The summed E-state index contributed by atoms with van der Waals surface area (Å²) in [4.78, 5) is 14.5. The van der Waals surface area contributed by atoms with Gasteiger partial charge in [-0.2, -0.15) is 5.10 Å². The topological polar surface area (TPSA) is 79.7 Å². The predicted molar refractivity (Wildman–Crippen MR) is 102 cm³/mol. The van der Waals surface area contributed by atoms with E-state index in [0.717, 1.165) is 25.1 Å². The van der Waals surface area contributed by atoms with E-state index < -0.39 is 0 Å². The molecule has 2 aromatic heterocycles. The van der Waals surface area contributed by atoms with Crippen molar-refractivity contribution in [2.45, 2.75) is 77.3 Å². The van der Waals surface area contributed by atoms with E-state index in [4.69, 9.17) is 0 Å². The maximum absolute atomic E-state index is 12.8. The zero-order valence-corrected chi connectivity index (χ0v) is 16.3. The maximum Gasteiger partial charge on any atom is 0.276 e. The largest absolute Gasteiger partial charge is 0.334 e. The van der Waals surface area contributed by atoms with Gasteiger partial charge in [-0.15, -0.1) is 5.10 Å². The Morgan fingerprint density at radius 3 is 2.81 bits per heavy atom. The second-order valence-corrected chi connectivity index (χ2v) is 8.18. The molecule has 27 heavy (non-hydrogen) atoms. The number of rotatable bonds is 5. The molecule has 146 valence electrons. The zero-order valence-electron chi connectivity index (χ0n) is 16.3. The first kappa shape index (κ1) is 18.2. The SMILES string of the molecule is CN(Cc1n[nH]c2c1CCCCC2)C(=O)c1cn(CC2CCCCC2)nn1. The van der Waals surface area contributed by atoms with Crippen LogP contribution in [0.5, 0.6) is 0 Å². The molecule has 0 aromatic carbocycles. The van der Waals surface area contributed by atoms with Crippen LogP contribution in [0.15, 0.2) is 6.20 Å². The second-order valence-electron chi connectivity index (χ2n) is 8.18. The van der Waals surface area contributed by atoms with E-state index in [2.05, 4.69) is 20.5 Å². The molecule has 7 nitrogen and oxygen atoms in total. The number of carbonyl (C=O) groups excluding carboxylic acids is 1. The molecular weight excluding hydrogens is 340 g/mol. The molecule has 4 rings (SSSR count). The van der Waals surface area contributed by atoms with Crippen molar-refractivity contribution in [3.63, 3.8) is 0 Å². The Kier molecular flexibility index (Phi) is 5.55. The summed E-state index contributed by atoms with van der Waals surface area (Å²) in [5.41, 5.74) is 3.99. The number of fused-ring (bicyclic) bond motifs is 1. The van der Waals surface area contributed by atoms with Gasteiger partial charge in [0.05, 0.1) is 18.4 Å². The van der Waals surface area contributed by atoms with Crippen LogP contribution in [-0.2, 0) is 25.9 Å². The normalized spacial score (nSPS) is 18.1. The van der Waals surface area contributed by atoms with Gasteiger partial charge in [-0.1, -0.05) is 30.9 Å². The number of nitrogens with zero attached hydrogens (tertiary/aromatic N) is 5. The van der Waals surface area contributed by atoms with Gasteiger partial charge < -0.3 is 4.90 Å². The monoisotopic (exact) mass is 370 g/mol. The minimum atomic E-state index is -0.0877. The maximum atomic E-state index is 12.8. The lowest BCUT2D eigenvalue weighted by Gasteiger charge is -2.20. The third-order valence-electron chi connectivity index (χ3n) is 6.05. The van der Waals surface area contributed by atoms with E-state index in [-0.39, 0.29) is 5.91 Å². The molecule has 0 aliphatic heterocycles. The molecule has 1 N–H and O–H groups in total. The van der Waals surface area contributed by atoms with Gasteiger partial charge in [-0.25, -0.2) is 0 Å². The number of aromatic amines is 1. The van der Waals surface area contributed by atoms with Crippen molar-refractivity contribution in [2.75, 3.05) is 7.05 Å². The van der Waals surface area contributed by atoms with Gasteiger partial charge in [0.25, 0.3) is 5.91 Å². The average Bonchev–Trinajstić information content (AvgIpc) is 3.22. The fraction of sp³-hybridized carbons (Fsp3) is 0.700. The molecule has 0 spiro atoms. The van der Waals surface area contributed by atoms with Crippen molar-refractivity contribution in [1.29, 1.82) is 0 Å². The highest BCUT2D eigenvalue weighted by molar-refractivity contribution is 5.91. The van der Waals surface area contributed by atoms with Gasteiger partial charge in [0.2, 0.25) is 0 Å². The molecule has 0 atom stereocenters. The van der Waals surface area contributed by atoms with Crippen LogP contribution in [0, 0.1) is 5.92 Å². The Balaban J connectivity index is 1.38. The first-order valence-corrected chi connectivity index (χ1v) is 10.4. The Labute approximate surface area is 160 Å².